The summed E-state index contributed by atoms with van der Waals surface area (Å²) in [7, 11) is 1.65. The molecule has 0 amide bonds. The Hall–Kier alpha value is -2.66. The summed E-state index contributed by atoms with van der Waals surface area (Å²) in [4.78, 5) is 0. The van der Waals surface area contributed by atoms with Crippen LogP contribution >= 0.6 is 0 Å². The maximum absolute atomic E-state index is 5.86. The zero-order valence-electron chi connectivity index (χ0n) is 13.6. The predicted molar refractivity (Wildman–Crippen MR) is 90.7 cm³/mol. The van der Waals surface area contributed by atoms with Gasteiger partial charge in [0.05, 0.1) is 18.5 Å². The van der Waals surface area contributed by atoms with Crippen molar-refractivity contribution in [3.63, 3.8) is 0 Å². The molecule has 118 valence electrons. The van der Waals surface area contributed by atoms with Crippen LogP contribution in [0.3, 0.4) is 0 Å². The fraction of sp³-hybridized carbons (Fsp3) is 0.222. The van der Waals surface area contributed by atoms with Crippen LogP contribution < -0.4 is 10.5 Å². The Kier molecular flexibility index (Phi) is 4.12. The Bertz CT molecular complexity index is 822. The van der Waals surface area contributed by atoms with Gasteiger partial charge in [-0.05, 0) is 55.3 Å². The van der Waals surface area contributed by atoms with E-state index in [0.717, 1.165) is 28.4 Å². The summed E-state index contributed by atoms with van der Waals surface area (Å²) < 4.78 is 7.10. The van der Waals surface area contributed by atoms with Gasteiger partial charge in [0.25, 0.3) is 0 Å². The number of methoxy groups -OCH3 is 1. The van der Waals surface area contributed by atoms with Gasteiger partial charge in [0.15, 0.2) is 0 Å². The van der Waals surface area contributed by atoms with Crippen molar-refractivity contribution in [1.29, 1.82) is 0 Å². The standard InChI is InChI=1S/C18H20N4O/c1-12-5-4-6-17(13(12)2)22-18(16(11-19)20-21-22)14-7-9-15(23-3)10-8-14/h4-10H,11,19H2,1-3H3. The summed E-state index contributed by atoms with van der Waals surface area (Å²) in [6.45, 7) is 4.52. The van der Waals surface area contributed by atoms with Crippen LogP contribution in [0, 0.1) is 13.8 Å². The Balaban J connectivity index is 2.19. The zero-order valence-corrected chi connectivity index (χ0v) is 13.6. The third kappa shape index (κ3) is 2.71. The summed E-state index contributed by atoms with van der Waals surface area (Å²) in [5, 5.41) is 8.59. The molecule has 1 heterocycles. The quantitative estimate of drug-likeness (QED) is 0.804. The van der Waals surface area contributed by atoms with E-state index in [1.807, 2.05) is 41.1 Å². The highest BCUT2D eigenvalue weighted by atomic mass is 16.5. The minimum atomic E-state index is 0.340. The van der Waals surface area contributed by atoms with E-state index < -0.39 is 0 Å². The van der Waals surface area contributed by atoms with Crippen LogP contribution in [0.1, 0.15) is 16.8 Å². The van der Waals surface area contributed by atoms with Crippen molar-refractivity contribution in [2.45, 2.75) is 20.4 Å². The van der Waals surface area contributed by atoms with Gasteiger partial charge in [-0.25, -0.2) is 4.68 Å². The van der Waals surface area contributed by atoms with Crippen molar-refractivity contribution in [3.8, 4) is 22.7 Å². The molecule has 0 bridgehead atoms. The first-order valence-corrected chi connectivity index (χ1v) is 7.51. The van der Waals surface area contributed by atoms with Crippen LogP contribution in [0.5, 0.6) is 5.75 Å². The van der Waals surface area contributed by atoms with Gasteiger partial charge in [0.2, 0.25) is 0 Å². The molecule has 0 saturated carbocycles. The first-order chi connectivity index (χ1) is 11.2. The third-order valence-electron chi connectivity index (χ3n) is 4.10. The van der Waals surface area contributed by atoms with Gasteiger partial charge < -0.3 is 10.5 Å². The Morgan fingerprint density at radius 3 is 2.48 bits per heavy atom. The normalized spacial score (nSPS) is 10.8. The van der Waals surface area contributed by atoms with E-state index in [-0.39, 0.29) is 0 Å². The Morgan fingerprint density at radius 2 is 1.83 bits per heavy atom. The van der Waals surface area contributed by atoms with Gasteiger partial charge in [-0.1, -0.05) is 17.3 Å². The molecule has 0 aliphatic heterocycles. The molecule has 0 atom stereocenters. The lowest BCUT2D eigenvalue weighted by Crippen LogP contribution is -2.04. The van der Waals surface area contributed by atoms with E-state index in [2.05, 4.69) is 30.2 Å². The number of aromatic nitrogens is 3. The van der Waals surface area contributed by atoms with Gasteiger partial charge in [-0.3, -0.25) is 0 Å². The number of ether oxygens (including phenoxy) is 1. The molecular weight excluding hydrogens is 288 g/mol. The highest BCUT2D eigenvalue weighted by Crippen LogP contribution is 2.28. The van der Waals surface area contributed by atoms with Crippen molar-refractivity contribution in [2.24, 2.45) is 5.73 Å². The second-order valence-corrected chi connectivity index (χ2v) is 5.45. The molecule has 0 unspecified atom stereocenters. The van der Waals surface area contributed by atoms with Gasteiger partial charge in [-0.2, -0.15) is 0 Å². The average Bonchev–Trinajstić information content (AvgIpc) is 3.01. The zero-order chi connectivity index (χ0) is 16.4. The maximum atomic E-state index is 5.86. The molecule has 0 saturated heterocycles. The molecule has 1 aromatic heterocycles. The fourth-order valence-corrected chi connectivity index (χ4v) is 2.62. The van der Waals surface area contributed by atoms with Gasteiger partial charge >= 0.3 is 0 Å². The smallest absolute Gasteiger partial charge is 0.118 e. The monoisotopic (exact) mass is 308 g/mol. The fourth-order valence-electron chi connectivity index (χ4n) is 2.62. The van der Waals surface area contributed by atoms with E-state index in [4.69, 9.17) is 10.5 Å². The maximum Gasteiger partial charge on any atom is 0.118 e. The lowest BCUT2D eigenvalue weighted by Gasteiger charge is -2.12. The molecule has 0 spiro atoms. The number of rotatable bonds is 4. The van der Waals surface area contributed by atoms with Crippen molar-refractivity contribution in [3.05, 3.63) is 59.3 Å². The molecule has 0 fully saturated rings. The van der Waals surface area contributed by atoms with Crippen LogP contribution in [0.4, 0.5) is 0 Å². The number of benzene rings is 2. The predicted octanol–water partition coefficient (Wildman–Crippen LogP) is 3.02. The van der Waals surface area contributed by atoms with Gasteiger partial charge in [0.1, 0.15) is 11.4 Å². The van der Waals surface area contributed by atoms with E-state index in [9.17, 15) is 0 Å². The highest BCUT2D eigenvalue weighted by Gasteiger charge is 2.17. The third-order valence-corrected chi connectivity index (χ3v) is 4.10. The summed E-state index contributed by atoms with van der Waals surface area (Å²) in [5.41, 5.74) is 12.0. The summed E-state index contributed by atoms with van der Waals surface area (Å²) in [6, 6.07) is 14.0. The number of nitrogens with zero attached hydrogens (tertiary/aromatic N) is 3. The molecule has 3 rings (SSSR count). The second kappa shape index (κ2) is 6.22. The Labute approximate surface area is 135 Å². The van der Waals surface area contributed by atoms with E-state index >= 15 is 0 Å². The lowest BCUT2D eigenvalue weighted by atomic mass is 10.1. The van der Waals surface area contributed by atoms with E-state index in [1.54, 1.807) is 7.11 Å². The van der Waals surface area contributed by atoms with Crippen molar-refractivity contribution < 1.29 is 4.74 Å². The summed E-state index contributed by atoms with van der Waals surface area (Å²) >= 11 is 0. The molecule has 2 aromatic carbocycles. The van der Waals surface area contributed by atoms with Crippen molar-refractivity contribution >= 4 is 0 Å². The molecule has 3 aromatic rings. The second-order valence-electron chi connectivity index (χ2n) is 5.45. The summed E-state index contributed by atoms with van der Waals surface area (Å²) in [6.07, 6.45) is 0. The van der Waals surface area contributed by atoms with Crippen LogP contribution in [0.15, 0.2) is 42.5 Å². The summed E-state index contributed by atoms with van der Waals surface area (Å²) in [5.74, 6) is 0.814. The first-order valence-electron chi connectivity index (χ1n) is 7.51. The Morgan fingerprint density at radius 1 is 1.09 bits per heavy atom. The number of hydrogen-bond donors (Lipinski definition) is 1. The van der Waals surface area contributed by atoms with E-state index in [0.29, 0.717) is 6.54 Å². The van der Waals surface area contributed by atoms with E-state index in [1.165, 1.54) is 11.1 Å². The van der Waals surface area contributed by atoms with Gasteiger partial charge in [0, 0.05) is 12.1 Å². The molecule has 0 aliphatic rings. The highest BCUT2D eigenvalue weighted by molar-refractivity contribution is 5.66. The van der Waals surface area contributed by atoms with Crippen LogP contribution in [0.2, 0.25) is 0 Å². The first kappa shape index (κ1) is 15.2. The molecule has 5 heteroatoms. The van der Waals surface area contributed by atoms with Gasteiger partial charge in [-0.15, -0.1) is 5.10 Å². The SMILES string of the molecule is COc1ccc(-c2c(CN)nnn2-c2cccc(C)c2C)cc1. The minimum absolute atomic E-state index is 0.340. The topological polar surface area (TPSA) is 66.0 Å². The lowest BCUT2D eigenvalue weighted by molar-refractivity contribution is 0.415. The molecule has 0 radical (unpaired) electrons. The molecule has 2 N–H and O–H groups in total. The van der Waals surface area contributed by atoms with Crippen molar-refractivity contribution in [1.82, 2.24) is 15.0 Å². The van der Waals surface area contributed by atoms with Crippen LogP contribution in [-0.4, -0.2) is 22.1 Å². The largest absolute Gasteiger partial charge is 0.497 e. The number of hydrogen-bond acceptors (Lipinski definition) is 4. The molecular formula is C18H20N4O. The van der Waals surface area contributed by atoms with Crippen LogP contribution in [-0.2, 0) is 6.54 Å². The average molecular weight is 308 g/mol. The number of nitrogens with two attached hydrogens (primary N) is 1. The molecule has 0 aliphatic carbocycles. The number of aryl methyl sites for hydroxylation is 1. The molecule has 23 heavy (non-hydrogen) atoms. The van der Waals surface area contributed by atoms with Crippen LogP contribution in [0.25, 0.3) is 16.9 Å². The van der Waals surface area contributed by atoms with Crippen molar-refractivity contribution in [2.75, 3.05) is 7.11 Å². The molecule has 5 nitrogen and oxygen atoms in total. The minimum Gasteiger partial charge on any atom is -0.497 e.